The first-order valence-corrected chi connectivity index (χ1v) is 8.75. The van der Waals surface area contributed by atoms with Crippen LogP contribution in [0.25, 0.3) is 0 Å². The van der Waals surface area contributed by atoms with Gasteiger partial charge in [-0.15, -0.1) is 10.2 Å². The average Bonchev–Trinajstić information content (AvgIpc) is 3.29. The Hall–Kier alpha value is -1.60. The number of benzene rings is 1. The molecule has 0 unspecified atom stereocenters. The van der Waals surface area contributed by atoms with E-state index in [0.717, 1.165) is 30.4 Å². The number of amides is 1. The van der Waals surface area contributed by atoms with Gasteiger partial charge in [0.25, 0.3) is 0 Å². The van der Waals surface area contributed by atoms with Crippen LogP contribution in [-0.2, 0) is 11.3 Å². The Morgan fingerprint density at radius 3 is 2.96 bits per heavy atom. The number of carbonyl (C=O) groups is 1. The quantitative estimate of drug-likeness (QED) is 0.803. The molecule has 0 bridgehead atoms. The predicted molar refractivity (Wildman–Crippen MR) is 88.4 cm³/mol. The van der Waals surface area contributed by atoms with E-state index in [1.54, 1.807) is 0 Å². The Labute approximate surface area is 142 Å². The maximum atomic E-state index is 13.6. The smallest absolute Gasteiger partial charge is 0.234 e. The molecule has 1 aliphatic carbocycles. The van der Waals surface area contributed by atoms with E-state index in [9.17, 15) is 9.18 Å². The highest BCUT2D eigenvalue weighted by Gasteiger charge is 2.30. The monoisotopic (exact) mass is 354 g/mol. The summed E-state index contributed by atoms with van der Waals surface area (Å²) in [5.74, 6) is 0.812. The summed E-state index contributed by atoms with van der Waals surface area (Å²) in [4.78, 5) is 12.0. The molecule has 3 rings (SSSR count). The molecule has 8 heteroatoms. The fourth-order valence-electron chi connectivity index (χ4n) is 2.26. The van der Waals surface area contributed by atoms with E-state index in [1.165, 1.54) is 30.0 Å². The number of aromatic nitrogens is 3. The molecule has 1 amide bonds. The van der Waals surface area contributed by atoms with Gasteiger partial charge in [0, 0.05) is 17.5 Å². The van der Waals surface area contributed by atoms with Gasteiger partial charge in [-0.2, -0.15) is 0 Å². The van der Waals surface area contributed by atoms with Crippen molar-refractivity contribution in [3.05, 3.63) is 34.9 Å². The van der Waals surface area contributed by atoms with Crippen LogP contribution in [0, 0.1) is 5.82 Å². The highest BCUT2D eigenvalue weighted by Crippen LogP contribution is 2.39. The van der Waals surface area contributed by atoms with Gasteiger partial charge in [0.1, 0.15) is 11.6 Å². The topological polar surface area (TPSA) is 59.8 Å². The minimum absolute atomic E-state index is 0.0822. The van der Waals surface area contributed by atoms with E-state index in [2.05, 4.69) is 15.5 Å². The van der Waals surface area contributed by atoms with Crippen LogP contribution in [-0.4, -0.2) is 26.4 Å². The van der Waals surface area contributed by atoms with Crippen molar-refractivity contribution >= 4 is 35.0 Å². The molecule has 1 saturated carbocycles. The third-order valence-corrected chi connectivity index (χ3v) is 4.74. The number of hydrogen-bond acceptors (Lipinski definition) is 4. The van der Waals surface area contributed by atoms with E-state index in [0.29, 0.717) is 10.9 Å². The van der Waals surface area contributed by atoms with Crippen LogP contribution in [0.2, 0.25) is 5.02 Å². The summed E-state index contributed by atoms with van der Waals surface area (Å²) in [5.41, 5.74) is 0.0822. The summed E-state index contributed by atoms with van der Waals surface area (Å²) in [6.07, 6.45) is 2.30. The zero-order valence-corrected chi connectivity index (χ0v) is 14.1. The summed E-state index contributed by atoms with van der Waals surface area (Å²) < 4.78 is 15.6. The molecule has 0 radical (unpaired) electrons. The molecule has 1 heterocycles. The van der Waals surface area contributed by atoms with Crippen LogP contribution in [0.3, 0.4) is 0 Å². The molecule has 0 atom stereocenters. The zero-order valence-electron chi connectivity index (χ0n) is 12.6. The second-order valence-corrected chi connectivity index (χ2v) is 6.70. The highest BCUT2D eigenvalue weighted by atomic mass is 35.5. The third kappa shape index (κ3) is 3.84. The summed E-state index contributed by atoms with van der Waals surface area (Å²) in [5, 5.41) is 12.0. The van der Waals surface area contributed by atoms with Crippen molar-refractivity contribution in [1.82, 2.24) is 14.8 Å². The highest BCUT2D eigenvalue weighted by molar-refractivity contribution is 7.99. The fourth-order valence-corrected chi connectivity index (χ4v) is 3.24. The number of nitrogens with one attached hydrogen (secondary N) is 1. The Morgan fingerprint density at radius 1 is 1.48 bits per heavy atom. The molecule has 0 spiro atoms. The van der Waals surface area contributed by atoms with Crippen molar-refractivity contribution in [2.24, 2.45) is 0 Å². The van der Waals surface area contributed by atoms with Crippen LogP contribution < -0.4 is 5.32 Å². The lowest BCUT2D eigenvalue weighted by Crippen LogP contribution is -2.15. The lowest BCUT2D eigenvalue weighted by Gasteiger charge is -2.08. The second-order valence-electron chi connectivity index (χ2n) is 5.32. The Balaban J connectivity index is 1.62. The van der Waals surface area contributed by atoms with Crippen molar-refractivity contribution in [1.29, 1.82) is 0 Å². The van der Waals surface area contributed by atoms with Crippen LogP contribution in [0.4, 0.5) is 10.1 Å². The van der Waals surface area contributed by atoms with Gasteiger partial charge in [-0.25, -0.2) is 4.39 Å². The van der Waals surface area contributed by atoms with Crippen molar-refractivity contribution < 1.29 is 9.18 Å². The van der Waals surface area contributed by atoms with Gasteiger partial charge < -0.3 is 9.88 Å². The largest absolute Gasteiger partial charge is 0.323 e. The SMILES string of the molecule is CCn1c(SCC(=O)Nc2cc(Cl)ccc2F)nnc1C1CC1. The molecule has 5 nitrogen and oxygen atoms in total. The number of nitrogens with zero attached hydrogens (tertiary/aromatic N) is 3. The maximum Gasteiger partial charge on any atom is 0.234 e. The third-order valence-electron chi connectivity index (χ3n) is 3.54. The molecule has 23 heavy (non-hydrogen) atoms. The molecule has 1 fully saturated rings. The molecule has 0 saturated heterocycles. The zero-order chi connectivity index (χ0) is 16.4. The average molecular weight is 355 g/mol. The Kier molecular flexibility index (Phi) is 4.87. The van der Waals surface area contributed by atoms with E-state index < -0.39 is 5.82 Å². The molecular weight excluding hydrogens is 339 g/mol. The molecule has 1 aromatic heterocycles. The lowest BCUT2D eigenvalue weighted by atomic mass is 10.3. The number of carbonyl (C=O) groups excluding carboxylic acids is 1. The van der Waals surface area contributed by atoms with Crippen LogP contribution >= 0.6 is 23.4 Å². The van der Waals surface area contributed by atoms with Gasteiger partial charge in [0.05, 0.1) is 11.4 Å². The van der Waals surface area contributed by atoms with E-state index in [4.69, 9.17) is 11.6 Å². The van der Waals surface area contributed by atoms with Crippen LogP contribution in [0.15, 0.2) is 23.4 Å². The lowest BCUT2D eigenvalue weighted by molar-refractivity contribution is -0.113. The second kappa shape index (κ2) is 6.88. The van der Waals surface area contributed by atoms with Gasteiger partial charge in [-0.3, -0.25) is 4.79 Å². The number of thioether (sulfide) groups is 1. The number of rotatable bonds is 6. The van der Waals surface area contributed by atoms with E-state index in [1.807, 2.05) is 11.5 Å². The Bertz CT molecular complexity index is 732. The Morgan fingerprint density at radius 2 is 2.26 bits per heavy atom. The molecular formula is C15H16ClFN4OS. The van der Waals surface area contributed by atoms with E-state index in [-0.39, 0.29) is 17.3 Å². The standard InChI is InChI=1S/C15H16ClFN4OS/c1-2-21-14(9-3-4-9)19-20-15(21)23-8-13(22)18-12-7-10(16)5-6-11(12)17/h5-7,9H,2-4,8H2,1H3,(H,18,22). The molecule has 0 aliphatic heterocycles. The van der Waals surface area contributed by atoms with Crippen molar-refractivity contribution in [2.45, 2.75) is 37.4 Å². The first-order valence-electron chi connectivity index (χ1n) is 7.39. The van der Waals surface area contributed by atoms with Gasteiger partial charge in [0.2, 0.25) is 5.91 Å². The summed E-state index contributed by atoms with van der Waals surface area (Å²) >= 11 is 7.10. The fraction of sp³-hybridized carbons (Fsp3) is 0.400. The molecule has 1 N–H and O–H groups in total. The van der Waals surface area contributed by atoms with Gasteiger partial charge >= 0.3 is 0 Å². The summed E-state index contributed by atoms with van der Waals surface area (Å²) in [7, 11) is 0. The van der Waals surface area contributed by atoms with Crippen LogP contribution in [0.5, 0.6) is 0 Å². The molecule has 2 aromatic rings. The number of hydrogen-bond donors (Lipinski definition) is 1. The summed E-state index contributed by atoms with van der Waals surface area (Å²) in [6.45, 7) is 2.80. The van der Waals surface area contributed by atoms with Gasteiger partial charge in [-0.1, -0.05) is 23.4 Å². The van der Waals surface area contributed by atoms with Crippen molar-refractivity contribution in [3.8, 4) is 0 Å². The van der Waals surface area contributed by atoms with Crippen molar-refractivity contribution in [2.75, 3.05) is 11.1 Å². The minimum atomic E-state index is -0.513. The summed E-state index contributed by atoms with van der Waals surface area (Å²) in [6, 6.07) is 4.05. The van der Waals surface area contributed by atoms with Gasteiger partial charge in [-0.05, 0) is 38.0 Å². The van der Waals surface area contributed by atoms with Crippen LogP contribution in [0.1, 0.15) is 31.5 Å². The van der Waals surface area contributed by atoms with Gasteiger partial charge in [0.15, 0.2) is 5.16 Å². The molecule has 1 aliphatic rings. The first-order chi connectivity index (χ1) is 11.1. The molecule has 1 aromatic carbocycles. The minimum Gasteiger partial charge on any atom is -0.323 e. The predicted octanol–water partition coefficient (Wildman–Crippen LogP) is 3.70. The van der Waals surface area contributed by atoms with E-state index >= 15 is 0 Å². The maximum absolute atomic E-state index is 13.6. The normalized spacial score (nSPS) is 14.0. The number of anilines is 1. The first kappa shape index (κ1) is 16.3. The molecule has 122 valence electrons. The van der Waals surface area contributed by atoms with Crippen molar-refractivity contribution in [3.63, 3.8) is 0 Å². The number of halogens is 2.